The van der Waals surface area contributed by atoms with Gasteiger partial charge < -0.3 is 19.7 Å². The number of para-hydroxylation sites is 1. The molecule has 1 aliphatic heterocycles. The topological polar surface area (TPSA) is 133 Å². The zero-order valence-corrected chi connectivity index (χ0v) is 25.7. The number of methoxy groups -OCH3 is 1. The van der Waals surface area contributed by atoms with E-state index in [1.165, 1.54) is 40.5 Å². The molecule has 2 aromatic heterocycles. The Morgan fingerprint density at radius 1 is 1.05 bits per heavy atom. The highest BCUT2D eigenvalue weighted by molar-refractivity contribution is 7.90. The summed E-state index contributed by atoms with van der Waals surface area (Å²) in [5.74, 6) is -0.830. The van der Waals surface area contributed by atoms with Gasteiger partial charge in [-0.3, -0.25) is 4.79 Å². The van der Waals surface area contributed by atoms with Crippen LogP contribution in [0.4, 0.5) is 10.7 Å². The summed E-state index contributed by atoms with van der Waals surface area (Å²) in [4.78, 5) is 36.0. The number of halogens is 1. The predicted octanol–water partition coefficient (Wildman–Crippen LogP) is 5.20. The van der Waals surface area contributed by atoms with Gasteiger partial charge in [0, 0.05) is 36.3 Å². The molecule has 2 aromatic carbocycles. The van der Waals surface area contributed by atoms with Crippen molar-refractivity contribution in [3.05, 3.63) is 72.0 Å². The highest BCUT2D eigenvalue weighted by atomic mass is 35.5. The van der Waals surface area contributed by atoms with Crippen LogP contribution < -0.4 is 5.32 Å². The molecule has 0 bridgehead atoms. The van der Waals surface area contributed by atoms with Gasteiger partial charge in [-0.15, -0.1) is 0 Å². The number of hydrogen-bond acceptors (Lipinski definition) is 9. The molecule has 0 saturated carbocycles. The van der Waals surface area contributed by atoms with Crippen LogP contribution in [-0.2, 0) is 24.3 Å². The largest absolute Gasteiger partial charge is 0.469 e. The molecular formula is C30H32ClN5O6S. The first kappa shape index (κ1) is 30.3. The van der Waals surface area contributed by atoms with E-state index in [1.807, 2.05) is 0 Å². The highest BCUT2D eigenvalue weighted by Crippen LogP contribution is 2.36. The van der Waals surface area contributed by atoms with Gasteiger partial charge in [0.25, 0.3) is 10.0 Å². The lowest BCUT2D eigenvalue weighted by molar-refractivity contribution is -0.147. The highest BCUT2D eigenvalue weighted by Gasteiger charge is 2.36. The SMILES string of the molecule is COC(=O)C1CC(Nc2ncc(Cl)c(-c3cn(S(=O)(=O)c4ccccc4)c4ccccc34)n2)CN(C(=O)OC(C)(C)C)C1. The van der Waals surface area contributed by atoms with Crippen LogP contribution >= 0.6 is 11.6 Å². The third-order valence-corrected chi connectivity index (χ3v) is 8.91. The van der Waals surface area contributed by atoms with Gasteiger partial charge in [-0.05, 0) is 45.4 Å². The molecule has 3 heterocycles. The summed E-state index contributed by atoms with van der Waals surface area (Å²) in [6.45, 7) is 5.70. The van der Waals surface area contributed by atoms with Crippen molar-refractivity contribution in [2.24, 2.45) is 5.92 Å². The summed E-state index contributed by atoms with van der Waals surface area (Å²) in [6.07, 6.45) is 2.75. The molecule has 1 aliphatic rings. The summed E-state index contributed by atoms with van der Waals surface area (Å²) < 4.78 is 38.9. The molecule has 0 aliphatic carbocycles. The van der Waals surface area contributed by atoms with E-state index in [4.69, 9.17) is 21.1 Å². The average molecular weight is 626 g/mol. The maximum Gasteiger partial charge on any atom is 0.410 e. The van der Waals surface area contributed by atoms with Crippen molar-refractivity contribution in [1.82, 2.24) is 18.8 Å². The van der Waals surface area contributed by atoms with Crippen LogP contribution in [0.15, 0.2) is 71.9 Å². The molecule has 1 fully saturated rings. The molecule has 11 nitrogen and oxygen atoms in total. The molecule has 13 heteroatoms. The summed E-state index contributed by atoms with van der Waals surface area (Å²) in [5, 5.41) is 4.07. The Bertz CT molecular complexity index is 1770. The van der Waals surface area contributed by atoms with E-state index in [9.17, 15) is 18.0 Å². The van der Waals surface area contributed by atoms with Crippen LogP contribution in [0.3, 0.4) is 0 Å². The summed E-state index contributed by atoms with van der Waals surface area (Å²) in [7, 11) is -2.62. The van der Waals surface area contributed by atoms with Gasteiger partial charge in [0.15, 0.2) is 0 Å². The summed E-state index contributed by atoms with van der Waals surface area (Å²) in [6, 6.07) is 14.8. The van der Waals surface area contributed by atoms with E-state index in [-0.39, 0.29) is 29.0 Å². The van der Waals surface area contributed by atoms with Gasteiger partial charge in [0.05, 0.1) is 40.4 Å². The first-order chi connectivity index (χ1) is 20.4. The number of nitrogens with zero attached hydrogens (tertiary/aromatic N) is 4. The first-order valence-corrected chi connectivity index (χ1v) is 15.4. The zero-order chi connectivity index (χ0) is 30.9. The number of benzene rings is 2. The normalized spacial score (nSPS) is 17.5. The monoisotopic (exact) mass is 625 g/mol. The van der Waals surface area contributed by atoms with E-state index in [0.717, 1.165) is 0 Å². The van der Waals surface area contributed by atoms with E-state index in [1.54, 1.807) is 63.2 Å². The lowest BCUT2D eigenvalue weighted by Gasteiger charge is -2.37. The molecule has 1 amide bonds. The molecule has 1 N–H and O–H groups in total. The van der Waals surface area contributed by atoms with Crippen LogP contribution in [-0.4, -0.2) is 71.2 Å². The van der Waals surface area contributed by atoms with Crippen molar-refractivity contribution in [2.75, 3.05) is 25.5 Å². The van der Waals surface area contributed by atoms with E-state index in [0.29, 0.717) is 28.6 Å². The van der Waals surface area contributed by atoms with Crippen molar-refractivity contribution >= 4 is 50.5 Å². The number of rotatable bonds is 6. The van der Waals surface area contributed by atoms with Crippen LogP contribution in [0, 0.1) is 5.92 Å². The van der Waals surface area contributed by atoms with E-state index >= 15 is 0 Å². The quantitative estimate of drug-likeness (QED) is 0.287. The second kappa shape index (κ2) is 11.8. The minimum Gasteiger partial charge on any atom is -0.469 e. The fourth-order valence-corrected chi connectivity index (χ4v) is 6.65. The lowest BCUT2D eigenvalue weighted by atomic mass is 9.94. The summed E-state index contributed by atoms with van der Waals surface area (Å²) >= 11 is 6.58. The van der Waals surface area contributed by atoms with Gasteiger partial charge >= 0.3 is 12.1 Å². The van der Waals surface area contributed by atoms with Crippen molar-refractivity contribution in [1.29, 1.82) is 0 Å². The Balaban J connectivity index is 1.49. The van der Waals surface area contributed by atoms with Gasteiger partial charge in [0.1, 0.15) is 5.60 Å². The number of ether oxygens (including phenoxy) is 2. The molecule has 2 unspecified atom stereocenters. The fraction of sp³-hybridized carbons (Fsp3) is 0.333. The minimum absolute atomic E-state index is 0.144. The summed E-state index contributed by atoms with van der Waals surface area (Å²) in [5.41, 5.74) is 0.574. The number of carbonyl (C=O) groups excluding carboxylic acids is 2. The molecule has 226 valence electrons. The first-order valence-electron chi connectivity index (χ1n) is 13.6. The Hall–Kier alpha value is -4.16. The number of likely N-dealkylation sites (tertiary alicyclic amines) is 1. The zero-order valence-electron chi connectivity index (χ0n) is 24.2. The Morgan fingerprint density at radius 3 is 2.44 bits per heavy atom. The molecular weight excluding hydrogens is 594 g/mol. The Morgan fingerprint density at radius 2 is 1.74 bits per heavy atom. The molecule has 0 radical (unpaired) electrons. The lowest BCUT2D eigenvalue weighted by Crippen LogP contribution is -2.52. The third-order valence-electron chi connectivity index (χ3n) is 6.95. The molecule has 0 spiro atoms. The fourth-order valence-electron chi connectivity index (χ4n) is 5.07. The second-order valence-electron chi connectivity index (χ2n) is 11.2. The number of fused-ring (bicyclic) bond motifs is 1. The van der Waals surface area contributed by atoms with Crippen LogP contribution in [0.5, 0.6) is 0 Å². The third kappa shape index (κ3) is 6.45. The number of hydrogen-bond donors (Lipinski definition) is 1. The van der Waals surface area contributed by atoms with Gasteiger partial charge in [-0.1, -0.05) is 48.0 Å². The molecule has 2 atom stereocenters. The average Bonchev–Trinajstić information content (AvgIpc) is 3.37. The second-order valence-corrected chi connectivity index (χ2v) is 13.5. The number of piperidine rings is 1. The standard InChI is InChI=1S/C30H32ClN5O6S/c1-30(2,3)42-29(38)35-16-19(27(37)41-4)14-20(17-35)33-28-32-15-24(31)26(34-28)23-18-36(25-13-9-8-12-22(23)25)43(39,40)21-10-6-5-7-11-21/h5-13,15,18-20H,14,16-17H2,1-4H3,(H,32,33,34). The molecule has 43 heavy (non-hydrogen) atoms. The van der Waals surface area contributed by atoms with Crippen molar-refractivity contribution in [3.8, 4) is 11.3 Å². The van der Waals surface area contributed by atoms with Crippen LogP contribution in [0.1, 0.15) is 27.2 Å². The molecule has 1 saturated heterocycles. The molecule has 5 rings (SSSR count). The van der Waals surface area contributed by atoms with Crippen LogP contribution in [0.25, 0.3) is 22.2 Å². The predicted molar refractivity (Wildman–Crippen MR) is 162 cm³/mol. The van der Waals surface area contributed by atoms with Gasteiger partial charge in [0.2, 0.25) is 5.95 Å². The number of aromatic nitrogens is 3. The number of amides is 1. The van der Waals surface area contributed by atoms with Gasteiger partial charge in [-0.2, -0.15) is 0 Å². The van der Waals surface area contributed by atoms with E-state index < -0.39 is 39.6 Å². The number of anilines is 1. The van der Waals surface area contributed by atoms with Crippen molar-refractivity contribution in [2.45, 2.75) is 43.7 Å². The molecule has 4 aromatic rings. The maximum atomic E-state index is 13.6. The van der Waals surface area contributed by atoms with Crippen LogP contribution in [0.2, 0.25) is 5.02 Å². The number of carbonyl (C=O) groups is 2. The maximum absolute atomic E-state index is 13.6. The van der Waals surface area contributed by atoms with Crippen molar-refractivity contribution < 1.29 is 27.5 Å². The Kier molecular flexibility index (Phi) is 8.35. The number of nitrogens with one attached hydrogen (secondary N) is 1. The van der Waals surface area contributed by atoms with E-state index in [2.05, 4.69) is 15.3 Å². The van der Waals surface area contributed by atoms with Gasteiger partial charge in [-0.25, -0.2) is 27.2 Å². The van der Waals surface area contributed by atoms with Crippen molar-refractivity contribution in [3.63, 3.8) is 0 Å². The minimum atomic E-state index is -3.92. The Labute approximate surface area is 254 Å². The number of esters is 1. The smallest absolute Gasteiger partial charge is 0.410 e.